The van der Waals surface area contributed by atoms with Crippen LogP contribution in [0, 0.1) is 5.92 Å². The summed E-state index contributed by atoms with van der Waals surface area (Å²) in [6, 6.07) is 0. The van der Waals surface area contributed by atoms with Crippen LogP contribution in [0.2, 0.25) is 0 Å². The molecule has 66 valence electrons. The molecule has 2 atom stereocenters. The van der Waals surface area contributed by atoms with Crippen LogP contribution < -0.4 is 0 Å². The minimum atomic E-state index is -1.14. The molecule has 1 aliphatic rings. The van der Waals surface area contributed by atoms with E-state index >= 15 is 0 Å². The lowest BCUT2D eigenvalue weighted by atomic mass is 9.83. The quantitative estimate of drug-likeness (QED) is 0.543. The molecule has 1 saturated carbocycles. The monoisotopic (exact) mass is 170 g/mol. The van der Waals surface area contributed by atoms with Crippen molar-refractivity contribution < 1.29 is 19.8 Å². The number of hydrogen-bond acceptors (Lipinski definition) is 3. The maximum Gasteiger partial charge on any atom is 0.314 e. The molecule has 0 saturated heterocycles. The van der Waals surface area contributed by atoms with Gasteiger partial charge in [0.15, 0.2) is 0 Å². The molecule has 0 bridgehead atoms. The summed E-state index contributed by atoms with van der Waals surface area (Å²) in [5.74, 6) is -0.578. The summed E-state index contributed by atoms with van der Waals surface area (Å²) in [7, 11) is 0. The fourth-order valence-electron chi connectivity index (χ4n) is 1.48. The van der Waals surface area contributed by atoms with Crippen LogP contribution in [-0.4, -0.2) is 28.2 Å². The molecule has 0 radical (unpaired) electrons. The molecule has 1 aliphatic carbocycles. The first kappa shape index (κ1) is 8.97. The van der Waals surface area contributed by atoms with Crippen LogP contribution in [-0.2, 0) is 9.59 Å². The van der Waals surface area contributed by atoms with E-state index in [0.29, 0.717) is 19.3 Å². The average Bonchev–Trinajstić information content (AvgIpc) is 2.03. The van der Waals surface area contributed by atoms with E-state index in [2.05, 4.69) is 0 Å². The van der Waals surface area contributed by atoms with Gasteiger partial charge in [0.25, 0.3) is 0 Å². The van der Waals surface area contributed by atoms with Crippen molar-refractivity contribution in [3.05, 3.63) is 5.57 Å². The molecule has 1 fully saturated rings. The number of aliphatic hydroxyl groups excluding tert-OH is 1. The number of hydrogen-bond donors (Lipinski definition) is 2. The summed E-state index contributed by atoms with van der Waals surface area (Å²) in [5, 5.41) is 17.9. The third kappa shape index (κ3) is 1.55. The second-order valence-corrected chi connectivity index (χ2v) is 2.90. The normalized spacial score (nSPS) is 29.6. The van der Waals surface area contributed by atoms with Gasteiger partial charge in [0.1, 0.15) is 11.9 Å². The van der Waals surface area contributed by atoms with Gasteiger partial charge < -0.3 is 10.2 Å². The van der Waals surface area contributed by atoms with Crippen molar-refractivity contribution in [2.75, 3.05) is 0 Å². The molecule has 0 aromatic carbocycles. The van der Waals surface area contributed by atoms with Crippen molar-refractivity contribution in [1.82, 2.24) is 0 Å². The number of rotatable bonds is 1. The predicted octanol–water partition coefficient (Wildman–Crippen LogP) is -0.0100. The number of aliphatic hydroxyl groups is 1. The zero-order chi connectivity index (χ0) is 9.14. The molecule has 0 spiro atoms. The minimum absolute atomic E-state index is 0.182. The van der Waals surface area contributed by atoms with E-state index in [9.17, 15) is 14.7 Å². The largest absolute Gasteiger partial charge is 0.481 e. The summed E-state index contributed by atoms with van der Waals surface area (Å²) in [4.78, 5) is 20.9. The highest BCUT2D eigenvalue weighted by Gasteiger charge is 2.34. The van der Waals surface area contributed by atoms with Gasteiger partial charge in [-0.05, 0) is 19.3 Å². The molecule has 0 heterocycles. The molecule has 12 heavy (non-hydrogen) atoms. The van der Waals surface area contributed by atoms with E-state index in [4.69, 9.17) is 5.11 Å². The second-order valence-electron chi connectivity index (χ2n) is 2.90. The highest BCUT2D eigenvalue weighted by molar-refractivity contribution is 5.78. The predicted molar refractivity (Wildman–Crippen MR) is 40.2 cm³/mol. The third-order valence-corrected chi connectivity index (χ3v) is 2.10. The average molecular weight is 170 g/mol. The van der Waals surface area contributed by atoms with Crippen molar-refractivity contribution in [1.29, 1.82) is 0 Å². The van der Waals surface area contributed by atoms with E-state index in [-0.39, 0.29) is 5.57 Å². The molecule has 2 N–H and O–H groups in total. The summed E-state index contributed by atoms with van der Waals surface area (Å²) in [5.41, 5.74) is 0.182. The molecule has 1 rings (SSSR count). The zero-order valence-corrected chi connectivity index (χ0v) is 6.49. The van der Waals surface area contributed by atoms with Crippen LogP contribution in [0.15, 0.2) is 5.57 Å². The van der Waals surface area contributed by atoms with Gasteiger partial charge in [-0.1, -0.05) is 0 Å². The van der Waals surface area contributed by atoms with Crippen LogP contribution in [0.5, 0.6) is 0 Å². The maximum absolute atomic E-state index is 10.6. The van der Waals surface area contributed by atoms with E-state index in [1.165, 1.54) is 0 Å². The molecule has 2 unspecified atom stereocenters. The van der Waals surface area contributed by atoms with Gasteiger partial charge in [-0.15, -0.1) is 0 Å². The Balaban J connectivity index is 2.88. The van der Waals surface area contributed by atoms with E-state index in [0.717, 1.165) is 0 Å². The SMILES string of the molecule is O=C=C1CCCC(O)C1C(=O)O. The second kappa shape index (κ2) is 3.52. The highest BCUT2D eigenvalue weighted by Crippen LogP contribution is 2.27. The van der Waals surface area contributed by atoms with Gasteiger partial charge in [0.2, 0.25) is 0 Å². The molecular weight excluding hydrogens is 160 g/mol. The van der Waals surface area contributed by atoms with Crippen molar-refractivity contribution >= 4 is 11.9 Å². The Labute approximate surface area is 69.5 Å². The molecule has 0 aromatic rings. The van der Waals surface area contributed by atoms with Crippen LogP contribution in [0.1, 0.15) is 19.3 Å². The van der Waals surface area contributed by atoms with Gasteiger partial charge in [0.05, 0.1) is 6.10 Å². The van der Waals surface area contributed by atoms with Crippen molar-refractivity contribution in [3.63, 3.8) is 0 Å². The summed E-state index contributed by atoms with van der Waals surface area (Å²) < 4.78 is 0. The van der Waals surface area contributed by atoms with Crippen molar-refractivity contribution in [2.24, 2.45) is 5.92 Å². The third-order valence-electron chi connectivity index (χ3n) is 2.10. The van der Waals surface area contributed by atoms with Crippen LogP contribution in [0.25, 0.3) is 0 Å². The number of carboxylic acids is 1. The zero-order valence-electron chi connectivity index (χ0n) is 6.49. The maximum atomic E-state index is 10.6. The van der Waals surface area contributed by atoms with Crippen molar-refractivity contribution in [2.45, 2.75) is 25.4 Å². The van der Waals surface area contributed by atoms with Gasteiger partial charge in [-0.25, -0.2) is 4.79 Å². The van der Waals surface area contributed by atoms with E-state index in [1.54, 1.807) is 5.94 Å². The molecule has 0 aromatic heterocycles. The Morgan fingerprint density at radius 1 is 1.58 bits per heavy atom. The molecule has 4 nitrogen and oxygen atoms in total. The lowest BCUT2D eigenvalue weighted by molar-refractivity contribution is -0.144. The fraction of sp³-hybridized carbons (Fsp3) is 0.625. The smallest absolute Gasteiger partial charge is 0.314 e. The lowest BCUT2D eigenvalue weighted by Gasteiger charge is -2.24. The Morgan fingerprint density at radius 2 is 2.25 bits per heavy atom. The van der Waals surface area contributed by atoms with Crippen LogP contribution in [0.4, 0.5) is 0 Å². The van der Waals surface area contributed by atoms with E-state index < -0.39 is 18.0 Å². The first-order valence-electron chi connectivity index (χ1n) is 3.81. The van der Waals surface area contributed by atoms with Gasteiger partial charge >= 0.3 is 5.97 Å². The Kier molecular flexibility index (Phi) is 2.63. The molecule has 0 aliphatic heterocycles. The number of carbonyl (C=O) groups excluding carboxylic acids is 1. The fourth-order valence-corrected chi connectivity index (χ4v) is 1.48. The van der Waals surface area contributed by atoms with Gasteiger partial charge in [-0.3, -0.25) is 4.79 Å². The Bertz CT molecular complexity index is 239. The minimum Gasteiger partial charge on any atom is -0.481 e. The number of carboxylic acid groups (broad SMARTS) is 1. The summed E-state index contributed by atoms with van der Waals surface area (Å²) in [6.45, 7) is 0. The van der Waals surface area contributed by atoms with Crippen molar-refractivity contribution in [3.8, 4) is 0 Å². The molecule has 0 amide bonds. The number of carbonyl (C=O) groups is 1. The Morgan fingerprint density at radius 3 is 2.67 bits per heavy atom. The standard InChI is InChI=1S/C8H10O4/c9-4-5-2-1-3-6(10)7(5)8(11)12/h6-7,10H,1-3H2,(H,11,12). The van der Waals surface area contributed by atoms with Gasteiger partial charge in [-0.2, -0.15) is 0 Å². The summed E-state index contributed by atoms with van der Waals surface area (Å²) in [6.07, 6.45) is 0.627. The summed E-state index contributed by atoms with van der Waals surface area (Å²) >= 11 is 0. The lowest BCUT2D eigenvalue weighted by Crippen LogP contribution is -2.33. The highest BCUT2D eigenvalue weighted by atomic mass is 16.4. The first-order chi connectivity index (χ1) is 5.66. The van der Waals surface area contributed by atoms with Crippen LogP contribution >= 0.6 is 0 Å². The Hall–Kier alpha value is -1.12. The van der Waals surface area contributed by atoms with Crippen LogP contribution in [0.3, 0.4) is 0 Å². The number of aliphatic carboxylic acids is 1. The van der Waals surface area contributed by atoms with Gasteiger partial charge in [0, 0.05) is 5.57 Å². The topological polar surface area (TPSA) is 74.6 Å². The van der Waals surface area contributed by atoms with E-state index in [1.807, 2.05) is 0 Å². The molecular formula is C8H10O4. The first-order valence-corrected chi connectivity index (χ1v) is 3.81. The molecule has 4 heteroatoms.